The monoisotopic (exact) mass is 527 g/mol. The van der Waals surface area contributed by atoms with Crippen molar-refractivity contribution >= 4 is 25.0 Å². The molecular formula is C26H46FN5O5. The number of hydrogen-bond acceptors (Lipinski definition) is 7. The Balaban J connectivity index is 0.000000525. The first-order valence-electron chi connectivity index (χ1n) is 12.8. The van der Waals surface area contributed by atoms with Gasteiger partial charge in [-0.3, -0.25) is 14.4 Å². The highest BCUT2D eigenvalue weighted by atomic mass is 19.1. The molecule has 3 amide bonds. The van der Waals surface area contributed by atoms with Gasteiger partial charge in [0.2, 0.25) is 18.2 Å². The van der Waals surface area contributed by atoms with E-state index < -0.39 is 12.7 Å². The summed E-state index contributed by atoms with van der Waals surface area (Å²) in [4.78, 5) is 42.6. The minimum atomic E-state index is -0.549. The third-order valence-electron chi connectivity index (χ3n) is 6.91. The summed E-state index contributed by atoms with van der Waals surface area (Å²) in [6.45, 7) is 14.1. The lowest BCUT2D eigenvalue weighted by molar-refractivity contribution is -0.134. The van der Waals surface area contributed by atoms with Crippen molar-refractivity contribution in [2.75, 3.05) is 32.9 Å². The van der Waals surface area contributed by atoms with Crippen LogP contribution in [-0.4, -0.2) is 79.5 Å². The number of halogens is 1. The van der Waals surface area contributed by atoms with Gasteiger partial charge in [-0.2, -0.15) is 5.26 Å². The molecule has 11 heteroatoms. The van der Waals surface area contributed by atoms with Crippen LogP contribution < -0.4 is 16.4 Å². The van der Waals surface area contributed by atoms with E-state index in [4.69, 9.17) is 15.2 Å². The number of aliphatic hydroxyl groups excluding tert-OH is 1. The second kappa shape index (κ2) is 16.3. The number of amides is 3. The maximum atomic E-state index is 11.5. The lowest BCUT2D eigenvalue weighted by Gasteiger charge is -2.20. The number of nitriles is 1. The zero-order valence-corrected chi connectivity index (χ0v) is 23.0. The van der Waals surface area contributed by atoms with Gasteiger partial charge in [0, 0.05) is 31.1 Å². The van der Waals surface area contributed by atoms with E-state index in [-0.39, 0.29) is 36.4 Å². The quantitative estimate of drug-likeness (QED) is 0.376. The van der Waals surface area contributed by atoms with E-state index in [1.165, 1.54) is 0 Å². The van der Waals surface area contributed by atoms with E-state index in [1.54, 1.807) is 4.90 Å². The smallest absolute Gasteiger partial charge is 0.248 e. The second-order valence-corrected chi connectivity index (χ2v) is 11.1. The molecule has 2 aliphatic carbocycles. The first kappa shape index (κ1) is 34.4. The molecule has 1 spiro atoms. The van der Waals surface area contributed by atoms with Gasteiger partial charge in [0.15, 0.2) is 0 Å². The number of piperidine rings is 1. The molecule has 4 fully saturated rings. The molecule has 0 aromatic heterocycles. The molecule has 5 N–H and O–H groups in total. The number of likely N-dealkylation sites (tertiary alicyclic amines) is 1. The Kier molecular flexibility index (Phi) is 15.2. The fourth-order valence-corrected chi connectivity index (χ4v) is 4.61. The van der Waals surface area contributed by atoms with Gasteiger partial charge < -0.3 is 31.2 Å². The Bertz CT molecular complexity index is 750. The van der Waals surface area contributed by atoms with Crippen LogP contribution in [0, 0.1) is 40.4 Å². The molecule has 37 heavy (non-hydrogen) atoms. The standard InChI is InChI=1S/C10H13N3O2.C9H15NO2.C4H10.C2H6FN.CH2O/c11-5-8(12-6-14)3-7-4-10(1-2-10)13-9(7)15;1-9(2)6-3-10(4-7(6)9)8(12)5-11;1-4(2)3;3-1-2-4;1-2/h6-8H,1-4H2,(H,12,14)(H,13,15);6-7,11H,3-5H2,1-2H3;4H,1-3H3;1-2,4H2;1H2. The predicted molar refractivity (Wildman–Crippen MR) is 139 cm³/mol. The molecule has 2 saturated carbocycles. The Morgan fingerprint density at radius 3 is 2.14 bits per heavy atom. The zero-order valence-electron chi connectivity index (χ0n) is 23.0. The summed E-state index contributed by atoms with van der Waals surface area (Å²) in [5.41, 5.74) is 5.15. The summed E-state index contributed by atoms with van der Waals surface area (Å²) < 4.78 is 10.6. The number of rotatable bonds is 6. The van der Waals surface area contributed by atoms with Gasteiger partial charge in [-0.05, 0) is 48.9 Å². The summed E-state index contributed by atoms with van der Waals surface area (Å²) in [7, 11) is 0. The van der Waals surface area contributed by atoms with Gasteiger partial charge in [0.1, 0.15) is 26.1 Å². The summed E-state index contributed by atoms with van der Waals surface area (Å²) in [5.74, 6) is 2.00. The molecule has 0 aromatic rings. The highest BCUT2D eigenvalue weighted by molar-refractivity contribution is 5.83. The van der Waals surface area contributed by atoms with Gasteiger partial charge in [0.05, 0.1) is 6.07 Å². The van der Waals surface area contributed by atoms with Gasteiger partial charge in [-0.1, -0.05) is 34.6 Å². The fraction of sp³-hybridized carbons (Fsp3) is 0.808. The molecule has 4 aliphatic rings. The van der Waals surface area contributed by atoms with Crippen LogP contribution in [-0.2, 0) is 19.2 Å². The van der Waals surface area contributed by atoms with E-state index in [0.717, 1.165) is 38.3 Å². The minimum Gasteiger partial charge on any atom is -0.387 e. The third kappa shape index (κ3) is 11.1. The molecule has 212 valence electrons. The van der Waals surface area contributed by atoms with Gasteiger partial charge in [-0.25, -0.2) is 4.39 Å². The van der Waals surface area contributed by atoms with Crippen molar-refractivity contribution in [3.8, 4) is 6.07 Å². The number of nitrogens with one attached hydrogen (secondary N) is 2. The molecule has 0 bridgehead atoms. The highest BCUT2D eigenvalue weighted by Gasteiger charge is 2.62. The number of alkyl halides is 1. The van der Waals surface area contributed by atoms with Gasteiger partial charge in [-0.15, -0.1) is 0 Å². The first-order valence-corrected chi connectivity index (χ1v) is 12.8. The van der Waals surface area contributed by atoms with Gasteiger partial charge >= 0.3 is 0 Å². The third-order valence-corrected chi connectivity index (χ3v) is 6.91. The van der Waals surface area contributed by atoms with Crippen molar-refractivity contribution < 1.29 is 28.7 Å². The van der Waals surface area contributed by atoms with Crippen molar-refractivity contribution in [2.24, 2.45) is 34.8 Å². The molecule has 2 saturated heterocycles. The molecule has 4 atom stereocenters. The molecule has 0 radical (unpaired) electrons. The number of aliphatic hydroxyl groups is 1. The maximum Gasteiger partial charge on any atom is 0.248 e. The first-order chi connectivity index (χ1) is 17.4. The molecule has 10 nitrogen and oxygen atoms in total. The van der Waals surface area contributed by atoms with Crippen molar-refractivity contribution in [3.63, 3.8) is 0 Å². The largest absolute Gasteiger partial charge is 0.387 e. The van der Waals surface area contributed by atoms with Crippen molar-refractivity contribution in [1.29, 1.82) is 5.26 Å². The number of nitrogens with zero attached hydrogens (tertiary/aromatic N) is 2. The maximum absolute atomic E-state index is 11.5. The van der Waals surface area contributed by atoms with Crippen LogP contribution in [0.25, 0.3) is 0 Å². The van der Waals surface area contributed by atoms with Crippen molar-refractivity contribution in [3.05, 3.63) is 0 Å². The van der Waals surface area contributed by atoms with Crippen molar-refractivity contribution in [2.45, 2.75) is 71.9 Å². The molecule has 2 aliphatic heterocycles. The average Bonchev–Trinajstić information content (AvgIpc) is 3.55. The fourth-order valence-electron chi connectivity index (χ4n) is 4.61. The van der Waals surface area contributed by atoms with Crippen LogP contribution in [0.15, 0.2) is 0 Å². The predicted octanol–water partition coefficient (Wildman–Crippen LogP) is 1.17. The lowest BCUT2D eigenvalue weighted by Crippen LogP contribution is -2.34. The second-order valence-electron chi connectivity index (χ2n) is 11.1. The summed E-state index contributed by atoms with van der Waals surface area (Å²) in [5, 5.41) is 22.7. The minimum absolute atomic E-state index is 0.0282. The van der Waals surface area contributed by atoms with Crippen LogP contribution in [0.2, 0.25) is 0 Å². The normalized spacial score (nSPS) is 25.0. The van der Waals surface area contributed by atoms with Crippen LogP contribution in [0.1, 0.15) is 60.3 Å². The number of carbonyl (C=O) groups is 4. The number of carbonyl (C=O) groups excluding carboxylic acids is 4. The van der Waals surface area contributed by atoms with E-state index in [9.17, 15) is 18.8 Å². The van der Waals surface area contributed by atoms with Gasteiger partial charge in [0.25, 0.3) is 0 Å². The van der Waals surface area contributed by atoms with E-state index in [2.05, 4.69) is 51.0 Å². The molecular weight excluding hydrogens is 481 g/mol. The van der Waals surface area contributed by atoms with E-state index >= 15 is 0 Å². The average molecular weight is 528 g/mol. The summed E-state index contributed by atoms with van der Waals surface area (Å²) in [6, 6.07) is 1.43. The highest BCUT2D eigenvalue weighted by Crippen LogP contribution is 2.61. The number of fused-ring (bicyclic) bond motifs is 1. The SMILES string of the molecule is C=O.CC(C)C.CC1(C)C2CN(C(=O)CO)CC21.N#CC(CC1CC2(CC2)NC1=O)NC=O.NCCF. The van der Waals surface area contributed by atoms with E-state index in [1.807, 2.05) is 12.9 Å². The Morgan fingerprint density at radius 1 is 1.32 bits per heavy atom. The van der Waals surface area contributed by atoms with Crippen LogP contribution in [0.4, 0.5) is 4.39 Å². The Hall–Kier alpha value is -2.58. The molecule has 4 unspecified atom stereocenters. The molecule has 2 heterocycles. The number of nitrogens with two attached hydrogens (primary N) is 1. The lowest BCUT2D eigenvalue weighted by atomic mass is 9.96. The van der Waals surface area contributed by atoms with Crippen LogP contribution in [0.5, 0.6) is 0 Å². The Labute approximate surface area is 220 Å². The molecule has 0 aromatic carbocycles. The molecule has 4 rings (SSSR count). The Morgan fingerprint density at radius 2 is 1.81 bits per heavy atom. The van der Waals surface area contributed by atoms with Crippen molar-refractivity contribution in [1.82, 2.24) is 15.5 Å². The number of hydrogen-bond donors (Lipinski definition) is 4. The topological polar surface area (TPSA) is 166 Å². The van der Waals surface area contributed by atoms with Crippen LogP contribution >= 0.6 is 0 Å². The summed E-state index contributed by atoms with van der Waals surface area (Å²) in [6.07, 6.45) is 3.84. The van der Waals surface area contributed by atoms with Crippen LogP contribution in [0.3, 0.4) is 0 Å². The summed E-state index contributed by atoms with van der Waals surface area (Å²) >= 11 is 0. The van der Waals surface area contributed by atoms with E-state index in [0.29, 0.717) is 30.1 Å². The zero-order chi connectivity index (χ0) is 28.8.